The van der Waals surface area contributed by atoms with Gasteiger partial charge in [0.2, 0.25) is 0 Å². The average Bonchev–Trinajstić information content (AvgIpc) is 3.04. The molecule has 1 aliphatic rings. The Morgan fingerprint density at radius 2 is 2.04 bits per heavy atom. The van der Waals surface area contributed by atoms with E-state index in [1.807, 2.05) is 36.0 Å². The normalized spacial score (nSPS) is 17.1. The Bertz CT molecular complexity index is 675. The largest absolute Gasteiger partial charge is 0.485 e. The number of carbonyl (C=O) groups is 1. The van der Waals surface area contributed by atoms with Gasteiger partial charge in [-0.3, -0.25) is 9.78 Å². The zero-order valence-corrected chi connectivity index (χ0v) is 13.3. The molecule has 6 nitrogen and oxygen atoms in total. The Balaban J connectivity index is 1.66. The van der Waals surface area contributed by atoms with Gasteiger partial charge in [-0.05, 0) is 24.3 Å². The smallest absolute Gasteiger partial charge is 0.254 e. The number of likely N-dealkylation sites (tertiary alicyclic amines) is 1. The third kappa shape index (κ3) is 3.41. The molecule has 1 fully saturated rings. The third-order valence-corrected chi connectivity index (χ3v) is 3.83. The minimum atomic E-state index is -0.0105. The highest BCUT2D eigenvalue weighted by molar-refractivity contribution is 5.94. The van der Waals surface area contributed by atoms with Crippen molar-refractivity contribution in [1.82, 2.24) is 14.9 Å². The molecule has 0 aromatic carbocycles. The van der Waals surface area contributed by atoms with Crippen LogP contribution in [0.15, 0.2) is 42.9 Å². The lowest BCUT2D eigenvalue weighted by atomic mass is 10.2. The molecule has 23 heavy (non-hydrogen) atoms. The average molecular weight is 312 g/mol. The summed E-state index contributed by atoms with van der Waals surface area (Å²) in [6, 6.07) is 7.25. The van der Waals surface area contributed by atoms with Crippen LogP contribution in [0, 0.1) is 0 Å². The number of rotatable bonds is 4. The van der Waals surface area contributed by atoms with Crippen molar-refractivity contribution in [3.8, 4) is 5.75 Å². The first-order valence-electron chi connectivity index (χ1n) is 7.63. The fraction of sp³-hybridized carbons (Fsp3) is 0.353. The van der Waals surface area contributed by atoms with Gasteiger partial charge in [-0.2, -0.15) is 0 Å². The predicted octanol–water partition coefficient (Wildman–Crippen LogP) is 1.84. The quantitative estimate of drug-likeness (QED) is 0.862. The molecular weight excluding hydrogens is 292 g/mol. The number of hydrogen-bond donors (Lipinski definition) is 0. The summed E-state index contributed by atoms with van der Waals surface area (Å²) < 4.78 is 6.07. The van der Waals surface area contributed by atoms with Gasteiger partial charge in [0, 0.05) is 51.2 Å². The molecule has 1 atom stereocenters. The highest BCUT2D eigenvalue weighted by atomic mass is 16.5. The molecule has 3 heterocycles. The molecule has 1 aliphatic heterocycles. The molecule has 3 rings (SSSR count). The molecule has 2 aromatic rings. The Hall–Kier alpha value is -2.63. The van der Waals surface area contributed by atoms with E-state index in [-0.39, 0.29) is 12.0 Å². The number of anilines is 1. The molecular formula is C17H20N4O2. The topological polar surface area (TPSA) is 58.6 Å². The first-order valence-corrected chi connectivity index (χ1v) is 7.63. The van der Waals surface area contributed by atoms with Crippen LogP contribution >= 0.6 is 0 Å². The number of ether oxygens (including phenoxy) is 1. The lowest BCUT2D eigenvalue weighted by Crippen LogP contribution is -2.31. The summed E-state index contributed by atoms with van der Waals surface area (Å²) in [5.74, 6) is 1.57. The molecule has 2 aromatic heterocycles. The van der Waals surface area contributed by atoms with E-state index in [1.165, 1.54) is 0 Å². The van der Waals surface area contributed by atoms with Crippen LogP contribution in [0.4, 0.5) is 5.82 Å². The van der Waals surface area contributed by atoms with Crippen LogP contribution in [-0.2, 0) is 0 Å². The van der Waals surface area contributed by atoms with Crippen molar-refractivity contribution in [3.05, 3.63) is 48.4 Å². The molecule has 1 saturated heterocycles. The van der Waals surface area contributed by atoms with Gasteiger partial charge in [0.1, 0.15) is 6.10 Å². The van der Waals surface area contributed by atoms with Gasteiger partial charge in [-0.1, -0.05) is 0 Å². The number of nitrogens with zero attached hydrogens (tertiary/aromatic N) is 4. The van der Waals surface area contributed by atoms with Crippen molar-refractivity contribution in [3.63, 3.8) is 0 Å². The van der Waals surface area contributed by atoms with E-state index in [0.29, 0.717) is 18.7 Å². The van der Waals surface area contributed by atoms with Gasteiger partial charge >= 0.3 is 0 Å². The van der Waals surface area contributed by atoms with E-state index >= 15 is 0 Å². The molecule has 0 unspecified atom stereocenters. The van der Waals surface area contributed by atoms with E-state index in [1.54, 1.807) is 30.7 Å². The molecule has 120 valence electrons. The van der Waals surface area contributed by atoms with Crippen molar-refractivity contribution in [1.29, 1.82) is 0 Å². The Labute approximate surface area is 135 Å². The van der Waals surface area contributed by atoms with Gasteiger partial charge in [0.15, 0.2) is 11.6 Å². The minimum Gasteiger partial charge on any atom is -0.485 e. The molecule has 6 heteroatoms. The number of aromatic nitrogens is 2. The van der Waals surface area contributed by atoms with Gasteiger partial charge in [0.25, 0.3) is 5.91 Å². The summed E-state index contributed by atoms with van der Waals surface area (Å²) in [7, 11) is 3.87. The monoisotopic (exact) mass is 312 g/mol. The van der Waals surface area contributed by atoms with E-state index < -0.39 is 0 Å². The van der Waals surface area contributed by atoms with Crippen molar-refractivity contribution in [2.45, 2.75) is 12.5 Å². The number of carbonyl (C=O) groups excluding carboxylic acids is 1. The van der Waals surface area contributed by atoms with E-state index in [9.17, 15) is 4.79 Å². The summed E-state index contributed by atoms with van der Waals surface area (Å²) in [5.41, 5.74) is 0.663. The maximum Gasteiger partial charge on any atom is 0.254 e. The van der Waals surface area contributed by atoms with Crippen molar-refractivity contribution >= 4 is 11.7 Å². The van der Waals surface area contributed by atoms with Gasteiger partial charge in [0.05, 0.1) is 6.54 Å². The van der Waals surface area contributed by atoms with Gasteiger partial charge < -0.3 is 14.5 Å². The molecule has 0 radical (unpaired) electrons. The standard InChI is InChI=1S/C17H20N4O2/c1-20(2)16-15(4-3-8-19-16)23-14-7-11-21(12-14)17(22)13-5-9-18-10-6-13/h3-6,8-10,14H,7,11-12H2,1-2H3/t14-/m0/s1. The summed E-state index contributed by atoms with van der Waals surface area (Å²) >= 11 is 0. The SMILES string of the molecule is CN(C)c1ncccc1O[C@H]1CCN(C(=O)c2ccncc2)C1. The van der Waals surface area contributed by atoms with Gasteiger partial charge in [-0.15, -0.1) is 0 Å². The van der Waals surface area contributed by atoms with Crippen LogP contribution in [0.3, 0.4) is 0 Å². The third-order valence-electron chi connectivity index (χ3n) is 3.83. The molecule has 0 bridgehead atoms. The summed E-state index contributed by atoms with van der Waals surface area (Å²) in [4.78, 5) is 24.5. The summed E-state index contributed by atoms with van der Waals surface area (Å²) in [5, 5.41) is 0. The van der Waals surface area contributed by atoms with E-state index in [0.717, 1.165) is 18.0 Å². The second-order valence-electron chi connectivity index (χ2n) is 5.74. The highest BCUT2D eigenvalue weighted by Crippen LogP contribution is 2.27. The lowest BCUT2D eigenvalue weighted by molar-refractivity contribution is 0.0772. The first kappa shape index (κ1) is 15.3. The van der Waals surface area contributed by atoms with Crippen LogP contribution in [0.25, 0.3) is 0 Å². The first-order chi connectivity index (χ1) is 11.1. The lowest BCUT2D eigenvalue weighted by Gasteiger charge is -2.20. The van der Waals surface area contributed by atoms with Crippen LogP contribution in [-0.4, -0.2) is 54.1 Å². The number of hydrogen-bond acceptors (Lipinski definition) is 5. The van der Waals surface area contributed by atoms with Crippen LogP contribution in [0.2, 0.25) is 0 Å². The highest BCUT2D eigenvalue weighted by Gasteiger charge is 2.29. The molecule has 0 N–H and O–H groups in total. The Morgan fingerprint density at radius 3 is 2.78 bits per heavy atom. The number of pyridine rings is 2. The second kappa shape index (κ2) is 6.64. The predicted molar refractivity (Wildman–Crippen MR) is 87.7 cm³/mol. The number of amides is 1. The van der Waals surface area contributed by atoms with Crippen LogP contribution in [0.1, 0.15) is 16.8 Å². The molecule has 0 spiro atoms. The van der Waals surface area contributed by atoms with Crippen molar-refractivity contribution in [2.75, 3.05) is 32.1 Å². The summed E-state index contributed by atoms with van der Waals surface area (Å²) in [6.07, 6.45) is 5.82. The zero-order valence-electron chi connectivity index (χ0n) is 13.3. The van der Waals surface area contributed by atoms with E-state index in [2.05, 4.69) is 9.97 Å². The van der Waals surface area contributed by atoms with Crippen LogP contribution in [0.5, 0.6) is 5.75 Å². The van der Waals surface area contributed by atoms with Crippen molar-refractivity contribution < 1.29 is 9.53 Å². The van der Waals surface area contributed by atoms with E-state index in [4.69, 9.17) is 4.74 Å². The minimum absolute atomic E-state index is 0.0105. The fourth-order valence-corrected chi connectivity index (χ4v) is 2.68. The van der Waals surface area contributed by atoms with Crippen LogP contribution < -0.4 is 9.64 Å². The molecule has 1 amide bonds. The molecule has 0 aliphatic carbocycles. The maximum atomic E-state index is 12.4. The Morgan fingerprint density at radius 1 is 1.26 bits per heavy atom. The second-order valence-corrected chi connectivity index (χ2v) is 5.74. The maximum absolute atomic E-state index is 12.4. The zero-order chi connectivity index (χ0) is 16.2. The van der Waals surface area contributed by atoms with Gasteiger partial charge in [-0.25, -0.2) is 4.98 Å². The van der Waals surface area contributed by atoms with Crippen molar-refractivity contribution in [2.24, 2.45) is 0 Å². The Kier molecular flexibility index (Phi) is 4.41. The summed E-state index contributed by atoms with van der Waals surface area (Å²) in [6.45, 7) is 1.28. The molecule has 0 saturated carbocycles. The fourth-order valence-electron chi connectivity index (χ4n) is 2.68.